The summed E-state index contributed by atoms with van der Waals surface area (Å²) in [6.45, 7) is 0.222. The highest BCUT2D eigenvalue weighted by atomic mass is 16.6. The first-order chi connectivity index (χ1) is 16.3. The highest BCUT2D eigenvalue weighted by molar-refractivity contribution is 5.95. The normalized spacial score (nSPS) is 11.4. The SMILES string of the molecule is COc1cc(C(C(N)=O)N(Cc2ccccc2)c2ccc(C(=N)N)cc2)c([N+](=O)[O-])cc1OC. The maximum Gasteiger partial charge on any atom is 0.279 e. The minimum atomic E-state index is -1.22. The lowest BCUT2D eigenvalue weighted by Gasteiger charge is -2.32. The van der Waals surface area contributed by atoms with E-state index < -0.39 is 16.9 Å². The van der Waals surface area contributed by atoms with Gasteiger partial charge in [0.15, 0.2) is 11.5 Å². The molecule has 1 unspecified atom stereocenters. The van der Waals surface area contributed by atoms with E-state index in [0.29, 0.717) is 11.3 Å². The van der Waals surface area contributed by atoms with Gasteiger partial charge in [0.2, 0.25) is 5.91 Å². The molecule has 176 valence electrons. The third-order valence-corrected chi connectivity index (χ3v) is 5.31. The summed E-state index contributed by atoms with van der Waals surface area (Å²) in [7, 11) is 2.76. The van der Waals surface area contributed by atoms with Gasteiger partial charge in [0.25, 0.3) is 5.69 Å². The van der Waals surface area contributed by atoms with Gasteiger partial charge in [-0.3, -0.25) is 20.3 Å². The molecule has 3 aromatic carbocycles. The van der Waals surface area contributed by atoms with Crippen molar-refractivity contribution in [1.82, 2.24) is 0 Å². The summed E-state index contributed by atoms with van der Waals surface area (Å²) < 4.78 is 10.5. The number of hydrogen-bond donors (Lipinski definition) is 3. The summed E-state index contributed by atoms with van der Waals surface area (Å²) in [5.41, 5.74) is 13.0. The molecule has 0 saturated carbocycles. The highest BCUT2D eigenvalue weighted by Crippen LogP contribution is 2.40. The maximum atomic E-state index is 12.8. The lowest BCUT2D eigenvalue weighted by atomic mass is 9.99. The first-order valence-electron chi connectivity index (χ1n) is 10.2. The van der Waals surface area contributed by atoms with Gasteiger partial charge in [-0.25, -0.2) is 0 Å². The van der Waals surface area contributed by atoms with Crippen molar-refractivity contribution in [2.75, 3.05) is 19.1 Å². The fourth-order valence-corrected chi connectivity index (χ4v) is 3.68. The van der Waals surface area contributed by atoms with E-state index in [1.54, 1.807) is 29.2 Å². The number of benzene rings is 3. The number of nitro groups is 1. The first kappa shape index (κ1) is 24.1. The van der Waals surface area contributed by atoms with E-state index in [-0.39, 0.29) is 35.1 Å². The van der Waals surface area contributed by atoms with Crippen molar-refractivity contribution in [3.05, 3.63) is 93.5 Å². The van der Waals surface area contributed by atoms with Gasteiger partial charge in [-0.05, 0) is 35.9 Å². The van der Waals surface area contributed by atoms with Gasteiger partial charge in [0.05, 0.1) is 30.8 Å². The van der Waals surface area contributed by atoms with Crippen LogP contribution in [0, 0.1) is 15.5 Å². The van der Waals surface area contributed by atoms with E-state index in [9.17, 15) is 14.9 Å². The lowest BCUT2D eigenvalue weighted by Crippen LogP contribution is -2.38. The molecule has 10 heteroatoms. The smallest absolute Gasteiger partial charge is 0.279 e. The molecule has 3 rings (SSSR count). The average molecular weight is 463 g/mol. The summed E-state index contributed by atoms with van der Waals surface area (Å²) in [5, 5.41) is 19.6. The summed E-state index contributed by atoms with van der Waals surface area (Å²) in [6, 6.07) is 17.3. The summed E-state index contributed by atoms with van der Waals surface area (Å²) in [5.74, 6) is -0.521. The zero-order valence-corrected chi connectivity index (χ0v) is 18.7. The number of nitrogens with zero attached hydrogens (tertiary/aromatic N) is 2. The van der Waals surface area contributed by atoms with Crippen LogP contribution in [-0.2, 0) is 11.3 Å². The molecule has 0 spiro atoms. The van der Waals surface area contributed by atoms with Crippen LogP contribution in [0.4, 0.5) is 11.4 Å². The van der Waals surface area contributed by atoms with E-state index >= 15 is 0 Å². The van der Waals surface area contributed by atoms with Crippen LogP contribution in [0.2, 0.25) is 0 Å². The molecule has 0 saturated heterocycles. The minimum Gasteiger partial charge on any atom is -0.493 e. The monoisotopic (exact) mass is 463 g/mol. The second-order valence-corrected chi connectivity index (χ2v) is 7.40. The average Bonchev–Trinajstić information content (AvgIpc) is 2.83. The standard InChI is InChI=1S/C24H25N5O5/c1-33-20-12-18(19(29(31)32)13-21(20)34-2)22(24(27)30)28(14-15-6-4-3-5-7-15)17-10-8-16(9-11-17)23(25)26/h3-13,22H,14H2,1-2H3,(H3,25,26)(H2,27,30). The predicted octanol–water partition coefficient (Wildman–Crippen LogP) is 3.13. The first-order valence-corrected chi connectivity index (χ1v) is 10.2. The Kier molecular flexibility index (Phi) is 7.32. The van der Waals surface area contributed by atoms with Crippen molar-refractivity contribution in [3.8, 4) is 11.5 Å². The summed E-state index contributed by atoms with van der Waals surface area (Å²) in [4.78, 5) is 25.9. The number of hydrogen-bond acceptors (Lipinski definition) is 7. The molecule has 0 aliphatic heterocycles. The predicted molar refractivity (Wildman–Crippen MR) is 128 cm³/mol. The number of amidine groups is 1. The molecule has 10 nitrogen and oxygen atoms in total. The summed E-state index contributed by atoms with van der Waals surface area (Å²) in [6.07, 6.45) is 0. The molecule has 34 heavy (non-hydrogen) atoms. The van der Waals surface area contributed by atoms with Gasteiger partial charge in [0, 0.05) is 17.8 Å². The van der Waals surface area contributed by atoms with Crippen LogP contribution in [0.25, 0.3) is 0 Å². The van der Waals surface area contributed by atoms with E-state index in [0.717, 1.165) is 5.56 Å². The van der Waals surface area contributed by atoms with Gasteiger partial charge in [-0.2, -0.15) is 0 Å². The Hall–Kier alpha value is -4.60. The minimum absolute atomic E-state index is 0.0572. The Morgan fingerprint density at radius 2 is 1.62 bits per heavy atom. The van der Waals surface area contributed by atoms with Crippen molar-refractivity contribution in [2.45, 2.75) is 12.6 Å². The Labute approximate surface area is 196 Å². The third kappa shape index (κ3) is 5.07. The molecule has 0 heterocycles. The van der Waals surface area contributed by atoms with Crippen molar-refractivity contribution in [3.63, 3.8) is 0 Å². The van der Waals surface area contributed by atoms with Gasteiger partial charge >= 0.3 is 0 Å². The largest absolute Gasteiger partial charge is 0.493 e. The van der Waals surface area contributed by atoms with E-state index in [4.69, 9.17) is 26.4 Å². The van der Waals surface area contributed by atoms with Crippen LogP contribution in [0.3, 0.4) is 0 Å². The molecule has 0 aliphatic rings. The number of amides is 1. The number of carbonyl (C=O) groups excluding carboxylic acids is 1. The van der Waals surface area contributed by atoms with Crippen molar-refractivity contribution in [1.29, 1.82) is 5.41 Å². The molecule has 0 bridgehead atoms. The van der Waals surface area contributed by atoms with Crippen LogP contribution in [-0.4, -0.2) is 30.9 Å². The number of nitrogens with one attached hydrogen (secondary N) is 1. The Morgan fingerprint density at radius 1 is 1.03 bits per heavy atom. The molecule has 0 aromatic heterocycles. The number of carbonyl (C=O) groups is 1. The molecule has 5 N–H and O–H groups in total. The molecule has 1 atom stereocenters. The number of nitrogens with two attached hydrogens (primary N) is 2. The lowest BCUT2D eigenvalue weighted by molar-refractivity contribution is -0.385. The number of ether oxygens (including phenoxy) is 2. The van der Waals surface area contributed by atoms with Crippen LogP contribution < -0.4 is 25.8 Å². The summed E-state index contributed by atoms with van der Waals surface area (Å²) >= 11 is 0. The van der Waals surface area contributed by atoms with Crippen molar-refractivity contribution < 1.29 is 19.2 Å². The highest BCUT2D eigenvalue weighted by Gasteiger charge is 2.34. The number of primary amides is 1. The van der Waals surface area contributed by atoms with Crippen LogP contribution >= 0.6 is 0 Å². The fraction of sp³-hybridized carbons (Fsp3) is 0.167. The van der Waals surface area contributed by atoms with Gasteiger partial charge in [-0.1, -0.05) is 30.3 Å². The Morgan fingerprint density at radius 3 is 2.12 bits per heavy atom. The number of rotatable bonds is 10. The van der Waals surface area contributed by atoms with E-state index in [1.807, 2.05) is 30.3 Å². The molecule has 0 aliphatic carbocycles. The quantitative estimate of drug-likeness (QED) is 0.180. The maximum absolute atomic E-state index is 12.8. The Bertz CT molecular complexity index is 1200. The Balaban J connectivity index is 2.23. The van der Waals surface area contributed by atoms with Crippen LogP contribution in [0.5, 0.6) is 11.5 Å². The fourth-order valence-electron chi connectivity index (χ4n) is 3.68. The molecule has 3 aromatic rings. The second kappa shape index (κ2) is 10.3. The number of methoxy groups -OCH3 is 2. The van der Waals surface area contributed by atoms with E-state index in [1.165, 1.54) is 26.4 Å². The third-order valence-electron chi connectivity index (χ3n) is 5.31. The second-order valence-electron chi connectivity index (χ2n) is 7.40. The van der Waals surface area contributed by atoms with Crippen LogP contribution in [0.1, 0.15) is 22.7 Å². The van der Waals surface area contributed by atoms with Crippen molar-refractivity contribution in [2.24, 2.45) is 11.5 Å². The van der Waals surface area contributed by atoms with Crippen LogP contribution in [0.15, 0.2) is 66.7 Å². The molecular formula is C24H25N5O5. The van der Waals surface area contributed by atoms with Gasteiger partial charge in [-0.15, -0.1) is 0 Å². The molecule has 1 amide bonds. The topological polar surface area (TPSA) is 158 Å². The van der Waals surface area contributed by atoms with Gasteiger partial charge < -0.3 is 25.8 Å². The number of nitro benzene ring substituents is 1. The zero-order valence-electron chi connectivity index (χ0n) is 18.7. The number of anilines is 1. The van der Waals surface area contributed by atoms with Crippen molar-refractivity contribution >= 4 is 23.1 Å². The van der Waals surface area contributed by atoms with E-state index in [2.05, 4.69) is 0 Å². The zero-order chi connectivity index (χ0) is 24.8. The molecule has 0 radical (unpaired) electrons. The molecular weight excluding hydrogens is 438 g/mol. The molecule has 0 fully saturated rings. The van der Waals surface area contributed by atoms with Gasteiger partial charge in [0.1, 0.15) is 11.9 Å². The number of nitrogen functional groups attached to an aromatic ring is 1.